The number of fused-ring (bicyclic) bond motifs is 1. The molecule has 2 N–H and O–H groups in total. The number of benzene rings is 2. The van der Waals surface area contributed by atoms with E-state index in [4.69, 9.17) is 9.84 Å². The molecule has 4 rings (SSSR count). The van der Waals surface area contributed by atoms with Crippen molar-refractivity contribution in [1.29, 1.82) is 0 Å². The highest BCUT2D eigenvalue weighted by atomic mass is 32.2. The second-order valence-electron chi connectivity index (χ2n) is 7.18. The normalized spacial score (nSPS) is 10.9. The number of ether oxygens (including phenoxy) is 1. The number of nitrogens with zero attached hydrogens (tertiary/aromatic N) is 2. The van der Waals surface area contributed by atoms with Crippen molar-refractivity contribution in [2.75, 3.05) is 25.2 Å². The zero-order valence-electron chi connectivity index (χ0n) is 17.8. The zero-order chi connectivity index (χ0) is 22.5. The van der Waals surface area contributed by atoms with Crippen LogP contribution < -0.4 is 10.1 Å². The fraction of sp³-hybridized carbons (Fsp3) is 0.208. The summed E-state index contributed by atoms with van der Waals surface area (Å²) in [6, 6.07) is 14.1. The topological polar surface area (TPSA) is 84.3 Å². The number of anilines is 1. The summed E-state index contributed by atoms with van der Waals surface area (Å²) in [6.45, 7) is 0.704. The Bertz CT molecular complexity index is 1260. The van der Waals surface area contributed by atoms with E-state index in [-0.39, 0.29) is 6.42 Å². The average molecular weight is 466 g/mol. The molecular formula is C24H23N3O3S2. The second-order valence-corrected chi connectivity index (χ2v) is 8.98. The Morgan fingerprint density at radius 2 is 2.03 bits per heavy atom. The van der Waals surface area contributed by atoms with Gasteiger partial charge in [-0.3, -0.25) is 4.79 Å². The molecule has 0 aliphatic heterocycles. The quantitative estimate of drug-likeness (QED) is 0.321. The number of methoxy groups -OCH3 is 1. The summed E-state index contributed by atoms with van der Waals surface area (Å²) >= 11 is 3.24. The lowest BCUT2D eigenvalue weighted by molar-refractivity contribution is -0.136. The SMILES string of the molecule is COc1cc2sccc2cc1CCNc1cc(-c2ccc(CC(=O)O)c(SC)c2)ncn1. The minimum Gasteiger partial charge on any atom is -0.496 e. The van der Waals surface area contributed by atoms with E-state index in [9.17, 15) is 4.79 Å². The van der Waals surface area contributed by atoms with Gasteiger partial charge in [0.1, 0.15) is 17.9 Å². The van der Waals surface area contributed by atoms with Crippen LogP contribution in [0.5, 0.6) is 5.75 Å². The highest BCUT2D eigenvalue weighted by molar-refractivity contribution is 7.98. The van der Waals surface area contributed by atoms with Gasteiger partial charge in [-0.15, -0.1) is 23.1 Å². The predicted molar refractivity (Wildman–Crippen MR) is 131 cm³/mol. The Morgan fingerprint density at radius 1 is 1.16 bits per heavy atom. The van der Waals surface area contributed by atoms with E-state index in [1.165, 1.54) is 21.8 Å². The van der Waals surface area contributed by atoms with Gasteiger partial charge in [-0.25, -0.2) is 9.97 Å². The first kappa shape index (κ1) is 22.1. The van der Waals surface area contributed by atoms with E-state index in [2.05, 4.69) is 38.9 Å². The van der Waals surface area contributed by atoms with E-state index in [0.29, 0.717) is 6.54 Å². The lowest BCUT2D eigenvalue weighted by Crippen LogP contribution is -2.07. The molecule has 0 saturated carbocycles. The molecule has 0 radical (unpaired) electrons. The third kappa shape index (κ3) is 5.03. The average Bonchev–Trinajstić information content (AvgIpc) is 3.26. The summed E-state index contributed by atoms with van der Waals surface area (Å²) in [4.78, 5) is 20.8. The number of carboxylic acid groups (broad SMARTS) is 1. The Balaban J connectivity index is 1.47. The molecule has 2 heterocycles. The molecule has 6 nitrogen and oxygen atoms in total. The van der Waals surface area contributed by atoms with Crippen molar-refractivity contribution in [1.82, 2.24) is 9.97 Å². The molecule has 2 aromatic carbocycles. The molecule has 0 saturated heterocycles. The van der Waals surface area contributed by atoms with Crippen LogP contribution in [0, 0.1) is 0 Å². The highest BCUT2D eigenvalue weighted by Gasteiger charge is 2.10. The number of aromatic nitrogens is 2. The van der Waals surface area contributed by atoms with Gasteiger partial charge in [0, 0.05) is 27.8 Å². The van der Waals surface area contributed by atoms with Crippen molar-refractivity contribution in [3.05, 3.63) is 65.3 Å². The number of carboxylic acids is 1. The van der Waals surface area contributed by atoms with Crippen LogP contribution in [0.1, 0.15) is 11.1 Å². The molecule has 0 unspecified atom stereocenters. The summed E-state index contributed by atoms with van der Waals surface area (Å²) in [5, 5.41) is 15.8. The highest BCUT2D eigenvalue weighted by Crippen LogP contribution is 2.30. The van der Waals surface area contributed by atoms with Gasteiger partial charge >= 0.3 is 5.97 Å². The fourth-order valence-corrected chi connectivity index (χ4v) is 5.02. The van der Waals surface area contributed by atoms with Crippen LogP contribution in [-0.2, 0) is 17.6 Å². The van der Waals surface area contributed by atoms with Crippen LogP contribution in [-0.4, -0.2) is 41.0 Å². The number of aliphatic carboxylic acids is 1. The number of thioether (sulfide) groups is 1. The van der Waals surface area contributed by atoms with Gasteiger partial charge < -0.3 is 15.2 Å². The number of nitrogens with one attached hydrogen (secondary N) is 1. The molecule has 32 heavy (non-hydrogen) atoms. The van der Waals surface area contributed by atoms with Gasteiger partial charge in [0.05, 0.1) is 19.2 Å². The zero-order valence-corrected chi connectivity index (χ0v) is 19.4. The minimum atomic E-state index is -0.837. The van der Waals surface area contributed by atoms with Crippen LogP contribution >= 0.6 is 23.1 Å². The maximum atomic E-state index is 11.1. The van der Waals surface area contributed by atoms with E-state index >= 15 is 0 Å². The molecule has 4 aromatic rings. The monoisotopic (exact) mass is 465 g/mol. The summed E-state index contributed by atoms with van der Waals surface area (Å²) in [5.41, 5.74) is 3.67. The minimum absolute atomic E-state index is 0.00761. The third-order valence-corrected chi connectivity index (χ3v) is 6.85. The summed E-state index contributed by atoms with van der Waals surface area (Å²) in [5.74, 6) is 0.804. The van der Waals surface area contributed by atoms with Gasteiger partial charge in [0.25, 0.3) is 0 Å². The molecule has 164 valence electrons. The fourth-order valence-electron chi connectivity index (χ4n) is 3.57. The van der Waals surface area contributed by atoms with Crippen LogP contribution in [0.2, 0.25) is 0 Å². The van der Waals surface area contributed by atoms with Crippen molar-refractivity contribution in [2.24, 2.45) is 0 Å². The summed E-state index contributed by atoms with van der Waals surface area (Å²) in [6.07, 6.45) is 4.29. The Morgan fingerprint density at radius 3 is 2.81 bits per heavy atom. The maximum Gasteiger partial charge on any atom is 0.307 e. The van der Waals surface area contributed by atoms with Gasteiger partial charge in [-0.05, 0) is 58.8 Å². The van der Waals surface area contributed by atoms with Gasteiger partial charge in [0.2, 0.25) is 0 Å². The first-order chi connectivity index (χ1) is 15.6. The van der Waals surface area contributed by atoms with Crippen LogP contribution in [0.4, 0.5) is 5.82 Å². The summed E-state index contributed by atoms with van der Waals surface area (Å²) in [7, 11) is 1.70. The number of carbonyl (C=O) groups is 1. The molecule has 2 aromatic heterocycles. The van der Waals surface area contributed by atoms with E-state index in [1.54, 1.807) is 24.8 Å². The van der Waals surface area contributed by atoms with E-state index < -0.39 is 5.97 Å². The molecule has 0 atom stereocenters. The molecule has 0 aliphatic carbocycles. The van der Waals surface area contributed by atoms with Crippen molar-refractivity contribution in [3.63, 3.8) is 0 Å². The lowest BCUT2D eigenvalue weighted by atomic mass is 10.1. The maximum absolute atomic E-state index is 11.1. The number of hydrogen-bond donors (Lipinski definition) is 2. The summed E-state index contributed by atoms with van der Waals surface area (Å²) < 4.78 is 6.79. The standard InChI is InChI=1S/C24H23N3O3S2/c1-30-20-13-22-18(6-8-32-22)9-16(20)5-7-25-23-12-19(26-14-27-23)15-3-4-17(11-24(28)29)21(10-15)31-2/h3-4,6,8-10,12-14H,5,7,11H2,1-2H3,(H,28,29)(H,25,26,27). The van der Waals surface area contributed by atoms with Crippen molar-refractivity contribution in [2.45, 2.75) is 17.7 Å². The van der Waals surface area contributed by atoms with Gasteiger partial charge in [0.15, 0.2) is 0 Å². The molecule has 0 fully saturated rings. The first-order valence-corrected chi connectivity index (χ1v) is 12.2. The number of rotatable bonds is 9. The third-order valence-electron chi connectivity index (χ3n) is 5.15. The van der Waals surface area contributed by atoms with Gasteiger partial charge in [-0.2, -0.15) is 0 Å². The van der Waals surface area contributed by atoms with Crippen molar-refractivity contribution < 1.29 is 14.6 Å². The van der Waals surface area contributed by atoms with E-state index in [1.807, 2.05) is 30.5 Å². The largest absolute Gasteiger partial charge is 0.496 e. The van der Waals surface area contributed by atoms with Crippen LogP contribution in [0.3, 0.4) is 0 Å². The molecule has 0 bridgehead atoms. The van der Waals surface area contributed by atoms with Crippen LogP contribution in [0.15, 0.2) is 59.1 Å². The molecular weight excluding hydrogens is 442 g/mol. The first-order valence-electron chi connectivity index (χ1n) is 10.1. The Kier molecular flexibility index (Phi) is 6.92. The molecule has 0 spiro atoms. The van der Waals surface area contributed by atoms with Gasteiger partial charge in [-0.1, -0.05) is 12.1 Å². The number of hydrogen-bond acceptors (Lipinski definition) is 7. The Labute approximate surface area is 194 Å². The van der Waals surface area contributed by atoms with Crippen LogP contribution in [0.25, 0.3) is 21.3 Å². The smallest absolute Gasteiger partial charge is 0.307 e. The van der Waals surface area contributed by atoms with Crippen molar-refractivity contribution >= 4 is 45.0 Å². The lowest BCUT2D eigenvalue weighted by Gasteiger charge is -2.11. The van der Waals surface area contributed by atoms with E-state index in [0.717, 1.165) is 45.3 Å². The predicted octanol–water partition coefficient (Wildman–Crippen LogP) is 5.37. The molecule has 8 heteroatoms. The molecule has 0 aliphatic rings. The molecule has 0 amide bonds. The van der Waals surface area contributed by atoms with Crippen molar-refractivity contribution in [3.8, 4) is 17.0 Å². The second kappa shape index (κ2) is 10.0. The number of thiophene rings is 1. The Hall–Kier alpha value is -3.10.